The molecule has 16 heavy (non-hydrogen) atoms. The zero-order valence-electron chi connectivity index (χ0n) is 9.44. The maximum Gasteiger partial charge on any atom is 0.310 e. The van der Waals surface area contributed by atoms with Gasteiger partial charge in [-0.15, -0.1) is 0 Å². The van der Waals surface area contributed by atoms with Gasteiger partial charge in [-0.1, -0.05) is 12.1 Å². The van der Waals surface area contributed by atoms with E-state index in [9.17, 15) is 4.79 Å². The zero-order chi connectivity index (χ0) is 11.8. The van der Waals surface area contributed by atoms with Gasteiger partial charge in [0.15, 0.2) is 0 Å². The third-order valence-corrected chi connectivity index (χ3v) is 1.99. The topological polar surface area (TPSA) is 61.5 Å². The first kappa shape index (κ1) is 12.5. The van der Waals surface area contributed by atoms with Crippen molar-refractivity contribution in [1.82, 2.24) is 0 Å². The van der Waals surface area contributed by atoms with Gasteiger partial charge in [0, 0.05) is 12.3 Å². The Morgan fingerprint density at radius 2 is 2.19 bits per heavy atom. The first-order valence-corrected chi connectivity index (χ1v) is 5.30. The van der Waals surface area contributed by atoms with E-state index in [1.54, 1.807) is 12.1 Å². The molecule has 88 valence electrons. The minimum Gasteiger partial charge on any atom is -0.463 e. The van der Waals surface area contributed by atoms with E-state index in [1.165, 1.54) is 0 Å². The summed E-state index contributed by atoms with van der Waals surface area (Å²) >= 11 is 0. The summed E-state index contributed by atoms with van der Waals surface area (Å²) in [6.45, 7) is 3.27. The van der Waals surface area contributed by atoms with Crippen molar-refractivity contribution in [2.45, 2.75) is 13.3 Å². The lowest BCUT2D eigenvalue weighted by Gasteiger charge is -2.05. The van der Waals surface area contributed by atoms with Crippen molar-refractivity contribution in [1.29, 1.82) is 0 Å². The maximum atomic E-state index is 11.4. The molecule has 0 aliphatic rings. The fraction of sp³-hybridized carbons (Fsp3) is 0.417. The van der Waals surface area contributed by atoms with E-state index in [0.717, 1.165) is 5.56 Å². The van der Waals surface area contributed by atoms with E-state index in [-0.39, 0.29) is 12.4 Å². The van der Waals surface area contributed by atoms with Gasteiger partial charge in [0.25, 0.3) is 0 Å². The minimum atomic E-state index is -0.259. The van der Waals surface area contributed by atoms with Crippen LogP contribution in [0.4, 0.5) is 5.69 Å². The number of benzene rings is 1. The van der Waals surface area contributed by atoms with E-state index in [0.29, 0.717) is 25.5 Å². The molecule has 4 heteroatoms. The number of anilines is 1. The Morgan fingerprint density at radius 1 is 1.38 bits per heavy atom. The van der Waals surface area contributed by atoms with Crippen LogP contribution in [-0.4, -0.2) is 25.8 Å². The molecule has 0 atom stereocenters. The van der Waals surface area contributed by atoms with Gasteiger partial charge in [0.1, 0.15) is 6.61 Å². The lowest BCUT2D eigenvalue weighted by atomic mass is 10.1. The molecule has 0 saturated heterocycles. The van der Waals surface area contributed by atoms with Crippen LogP contribution in [-0.2, 0) is 20.7 Å². The van der Waals surface area contributed by atoms with Gasteiger partial charge in [-0.05, 0) is 24.6 Å². The number of rotatable bonds is 6. The molecule has 0 heterocycles. The lowest BCUT2D eigenvalue weighted by Crippen LogP contribution is -2.12. The van der Waals surface area contributed by atoms with Gasteiger partial charge in [0.2, 0.25) is 0 Å². The van der Waals surface area contributed by atoms with Crippen LogP contribution in [0.2, 0.25) is 0 Å². The summed E-state index contributed by atoms with van der Waals surface area (Å²) < 4.78 is 10.0. The first-order chi connectivity index (χ1) is 7.72. The monoisotopic (exact) mass is 223 g/mol. The Hall–Kier alpha value is -1.55. The van der Waals surface area contributed by atoms with Crippen molar-refractivity contribution in [3.05, 3.63) is 29.8 Å². The van der Waals surface area contributed by atoms with Crippen LogP contribution in [0.3, 0.4) is 0 Å². The normalized spacial score (nSPS) is 10.1. The van der Waals surface area contributed by atoms with Gasteiger partial charge in [-0.25, -0.2) is 0 Å². The summed E-state index contributed by atoms with van der Waals surface area (Å²) in [4.78, 5) is 11.4. The fourth-order valence-electron chi connectivity index (χ4n) is 1.28. The van der Waals surface area contributed by atoms with Crippen molar-refractivity contribution in [2.75, 3.05) is 25.6 Å². The highest BCUT2D eigenvalue weighted by molar-refractivity contribution is 5.72. The molecule has 1 aromatic carbocycles. The van der Waals surface area contributed by atoms with Crippen molar-refractivity contribution < 1.29 is 14.3 Å². The molecule has 0 fully saturated rings. The highest BCUT2D eigenvalue weighted by Crippen LogP contribution is 2.07. The van der Waals surface area contributed by atoms with Crippen LogP contribution in [0.15, 0.2) is 24.3 Å². The third kappa shape index (κ3) is 4.79. The van der Waals surface area contributed by atoms with Crippen LogP contribution in [0.1, 0.15) is 12.5 Å². The van der Waals surface area contributed by atoms with E-state index >= 15 is 0 Å². The van der Waals surface area contributed by atoms with Crippen LogP contribution >= 0.6 is 0 Å². The quantitative estimate of drug-likeness (QED) is 0.450. The molecule has 0 radical (unpaired) electrons. The average molecular weight is 223 g/mol. The molecular formula is C12H17NO3. The number of nitrogens with two attached hydrogens (primary N) is 1. The number of nitrogen functional groups attached to an aromatic ring is 1. The lowest BCUT2D eigenvalue weighted by molar-refractivity contribution is -0.144. The molecule has 0 unspecified atom stereocenters. The van der Waals surface area contributed by atoms with Gasteiger partial charge in [-0.3, -0.25) is 4.79 Å². The van der Waals surface area contributed by atoms with Gasteiger partial charge >= 0.3 is 5.97 Å². The van der Waals surface area contributed by atoms with Crippen molar-refractivity contribution >= 4 is 11.7 Å². The summed E-state index contributed by atoms with van der Waals surface area (Å²) in [5, 5.41) is 0. The standard InChI is InChI=1S/C12H17NO3/c1-2-15-6-7-16-12(14)9-10-4-3-5-11(13)8-10/h3-5,8H,2,6-7,9,13H2,1H3. The smallest absolute Gasteiger partial charge is 0.310 e. The molecule has 0 spiro atoms. The first-order valence-electron chi connectivity index (χ1n) is 5.30. The number of hydrogen-bond acceptors (Lipinski definition) is 4. The molecule has 4 nitrogen and oxygen atoms in total. The fourth-order valence-corrected chi connectivity index (χ4v) is 1.28. The summed E-state index contributed by atoms with van der Waals surface area (Å²) in [5.74, 6) is -0.259. The molecule has 2 N–H and O–H groups in total. The minimum absolute atomic E-state index is 0.247. The molecule has 0 bridgehead atoms. The molecule has 0 aromatic heterocycles. The van der Waals surface area contributed by atoms with Crippen molar-refractivity contribution in [3.63, 3.8) is 0 Å². The Morgan fingerprint density at radius 3 is 2.88 bits per heavy atom. The van der Waals surface area contributed by atoms with E-state index < -0.39 is 0 Å². The van der Waals surface area contributed by atoms with E-state index in [1.807, 2.05) is 19.1 Å². The SMILES string of the molecule is CCOCCOC(=O)Cc1cccc(N)c1. The number of carbonyl (C=O) groups excluding carboxylic acids is 1. The highest BCUT2D eigenvalue weighted by atomic mass is 16.6. The third-order valence-electron chi connectivity index (χ3n) is 1.99. The van der Waals surface area contributed by atoms with Gasteiger partial charge in [0.05, 0.1) is 13.0 Å². The number of esters is 1. The molecule has 1 aromatic rings. The number of carbonyl (C=O) groups is 1. The molecule has 1 rings (SSSR count). The van der Waals surface area contributed by atoms with E-state index in [2.05, 4.69) is 0 Å². The molecule has 0 amide bonds. The number of hydrogen-bond donors (Lipinski definition) is 1. The summed E-state index contributed by atoms with van der Waals surface area (Å²) in [7, 11) is 0. The van der Waals surface area contributed by atoms with Crippen molar-refractivity contribution in [2.24, 2.45) is 0 Å². The van der Waals surface area contributed by atoms with Crippen LogP contribution in [0.5, 0.6) is 0 Å². The van der Waals surface area contributed by atoms with Crippen LogP contribution < -0.4 is 5.73 Å². The van der Waals surface area contributed by atoms with Gasteiger partial charge in [-0.2, -0.15) is 0 Å². The second-order valence-electron chi connectivity index (χ2n) is 3.34. The number of ether oxygens (including phenoxy) is 2. The van der Waals surface area contributed by atoms with Crippen LogP contribution in [0.25, 0.3) is 0 Å². The zero-order valence-corrected chi connectivity index (χ0v) is 9.44. The summed E-state index contributed by atoms with van der Waals surface area (Å²) in [6, 6.07) is 7.21. The Bertz CT molecular complexity index is 339. The molecule has 0 aliphatic heterocycles. The molecular weight excluding hydrogens is 206 g/mol. The average Bonchev–Trinajstić information content (AvgIpc) is 2.24. The second kappa shape index (κ2) is 6.85. The molecule has 0 aliphatic carbocycles. The largest absolute Gasteiger partial charge is 0.463 e. The Kier molecular flexibility index (Phi) is 5.36. The Labute approximate surface area is 95.3 Å². The predicted molar refractivity (Wildman–Crippen MR) is 62.0 cm³/mol. The molecule has 0 saturated carbocycles. The second-order valence-corrected chi connectivity index (χ2v) is 3.34. The maximum absolute atomic E-state index is 11.4. The Balaban J connectivity index is 2.29. The predicted octanol–water partition coefficient (Wildman–Crippen LogP) is 1.39. The van der Waals surface area contributed by atoms with Crippen LogP contribution in [0, 0.1) is 0 Å². The van der Waals surface area contributed by atoms with Crippen molar-refractivity contribution in [3.8, 4) is 0 Å². The highest BCUT2D eigenvalue weighted by Gasteiger charge is 2.04. The van der Waals surface area contributed by atoms with Gasteiger partial charge < -0.3 is 15.2 Å². The summed E-state index contributed by atoms with van der Waals surface area (Å²) in [5.41, 5.74) is 7.12. The summed E-state index contributed by atoms with van der Waals surface area (Å²) in [6.07, 6.45) is 0.247. The van der Waals surface area contributed by atoms with E-state index in [4.69, 9.17) is 15.2 Å².